The van der Waals surface area contributed by atoms with Crippen LogP contribution in [0.3, 0.4) is 0 Å². The van der Waals surface area contributed by atoms with Crippen LogP contribution in [-0.4, -0.2) is 35.8 Å². The summed E-state index contributed by atoms with van der Waals surface area (Å²) in [4.78, 5) is 37.7. The molecule has 164 valence electrons. The highest BCUT2D eigenvalue weighted by molar-refractivity contribution is 6.39. The molecule has 0 aliphatic carbocycles. The molecular formula is C21H19Cl3N2O5. The fourth-order valence-corrected chi connectivity index (χ4v) is 4.31. The fraction of sp³-hybridized carbons (Fsp3) is 0.286. The Kier molecular flexibility index (Phi) is 7.30. The van der Waals surface area contributed by atoms with Gasteiger partial charge in [0, 0.05) is 28.1 Å². The van der Waals surface area contributed by atoms with Gasteiger partial charge in [-0.25, -0.2) is 0 Å². The van der Waals surface area contributed by atoms with E-state index in [4.69, 9.17) is 45.3 Å². The highest BCUT2D eigenvalue weighted by atomic mass is 35.5. The van der Waals surface area contributed by atoms with Gasteiger partial charge in [-0.05, 0) is 30.7 Å². The zero-order chi connectivity index (χ0) is 22.7. The number of halogens is 3. The minimum absolute atomic E-state index is 0.0405. The topological polar surface area (TPSA) is 98.9 Å². The summed E-state index contributed by atoms with van der Waals surface area (Å²) < 4.78 is 10.5. The highest BCUT2D eigenvalue weighted by Gasteiger charge is 2.37. The maximum atomic E-state index is 12.9. The van der Waals surface area contributed by atoms with E-state index in [0.29, 0.717) is 37.5 Å². The van der Waals surface area contributed by atoms with Crippen LogP contribution in [0.4, 0.5) is 0 Å². The molecule has 31 heavy (non-hydrogen) atoms. The van der Waals surface area contributed by atoms with Crippen molar-refractivity contribution in [3.8, 4) is 5.75 Å². The first kappa shape index (κ1) is 23.2. The van der Waals surface area contributed by atoms with E-state index in [1.165, 1.54) is 12.0 Å². The van der Waals surface area contributed by atoms with Crippen molar-refractivity contribution >= 4 is 52.6 Å². The minimum Gasteiger partial charge on any atom is -0.488 e. The fourth-order valence-electron chi connectivity index (χ4n) is 3.38. The number of carbonyl (C=O) groups is 3. The van der Waals surface area contributed by atoms with Gasteiger partial charge in [0.15, 0.2) is 0 Å². The summed E-state index contributed by atoms with van der Waals surface area (Å²) in [5, 5.41) is 1.13. The predicted octanol–water partition coefficient (Wildman–Crippen LogP) is 3.99. The van der Waals surface area contributed by atoms with Crippen LogP contribution in [0.2, 0.25) is 15.1 Å². The maximum Gasteiger partial charge on any atom is 0.305 e. The third kappa shape index (κ3) is 5.06. The number of hydrogen-bond donors (Lipinski definition) is 1. The Balaban J connectivity index is 1.81. The molecule has 0 bridgehead atoms. The molecule has 0 spiro atoms. The summed E-state index contributed by atoms with van der Waals surface area (Å²) in [5.74, 6) is -1.10. The molecule has 1 heterocycles. The number of benzene rings is 2. The lowest BCUT2D eigenvalue weighted by Gasteiger charge is -2.24. The van der Waals surface area contributed by atoms with Crippen LogP contribution in [0.15, 0.2) is 30.3 Å². The zero-order valence-electron chi connectivity index (χ0n) is 16.5. The second kappa shape index (κ2) is 9.77. The van der Waals surface area contributed by atoms with Crippen LogP contribution in [0.1, 0.15) is 34.3 Å². The lowest BCUT2D eigenvalue weighted by molar-refractivity contribution is -0.141. The van der Waals surface area contributed by atoms with Crippen molar-refractivity contribution in [2.45, 2.75) is 32.0 Å². The monoisotopic (exact) mass is 484 g/mol. The summed E-state index contributed by atoms with van der Waals surface area (Å²) in [5.41, 5.74) is 7.07. The average molecular weight is 486 g/mol. The SMILES string of the molecule is COC(=O)CCC(C(N)=O)N1Cc2c(OCc3c(Cl)cc(Cl)cc3Cl)cccc2C1=O. The number of hydrogen-bond acceptors (Lipinski definition) is 5. The third-order valence-corrected chi connectivity index (χ3v) is 5.88. The van der Waals surface area contributed by atoms with Crippen LogP contribution >= 0.6 is 34.8 Å². The average Bonchev–Trinajstić information content (AvgIpc) is 3.04. The Bertz CT molecular complexity index is 1020. The molecule has 0 saturated carbocycles. The van der Waals surface area contributed by atoms with Gasteiger partial charge < -0.3 is 20.1 Å². The number of methoxy groups -OCH3 is 1. The smallest absolute Gasteiger partial charge is 0.305 e. The molecule has 1 aliphatic heterocycles. The molecule has 1 unspecified atom stereocenters. The Morgan fingerprint density at radius 2 is 1.87 bits per heavy atom. The molecule has 0 saturated heterocycles. The van der Waals surface area contributed by atoms with Crippen molar-refractivity contribution in [2.75, 3.05) is 7.11 Å². The van der Waals surface area contributed by atoms with Crippen molar-refractivity contribution in [2.24, 2.45) is 5.73 Å². The van der Waals surface area contributed by atoms with Crippen LogP contribution in [-0.2, 0) is 27.5 Å². The molecule has 1 aliphatic rings. The van der Waals surface area contributed by atoms with Gasteiger partial charge in [-0.1, -0.05) is 40.9 Å². The van der Waals surface area contributed by atoms with Crippen LogP contribution in [0, 0.1) is 0 Å². The Labute approximate surface area is 193 Å². The largest absolute Gasteiger partial charge is 0.488 e. The molecule has 2 aromatic carbocycles. The number of rotatable bonds is 8. The van der Waals surface area contributed by atoms with Crippen molar-refractivity contribution in [1.29, 1.82) is 0 Å². The van der Waals surface area contributed by atoms with E-state index in [9.17, 15) is 14.4 Å². The van der Waals surface area contributed by atoms with Gasteiger partial charge in [-0.2, -0.15) is 0 Å². The number of nitrogens with zero attached hydrogens (tertiary/aromatic N) is 1. The molecule has 0 fully saturated rings. The number of carbonyl (C=O) groups excluding carboxylic acids is 3. The van der Waals surface area contributed by atoms with E-state index < -0.39 is 17.9 Å². The molecule has 2 N–H and O–H groups in total. The van der Waals surface area contributed by atoms with Crippen LogP contribution in [0.25, 0.3) is 0 Å². The molecular weight excluding hydrogens is 467 g/mol. The van der Waals surface area contributed by atoms with Gasteiger partial charge in [0.1, 0.15) is 18.4 Å². The van der Waals surface area contributed by atoms with Gasteiger partial charge in [-0.15, -0.1) is 0 Å². The second-order valence-corrected chi connectivity index (χ2v) is 8.14. The van der Waals surface area contributed by atoms with Crippen LogP contribution < -0.4 is 10.5 Å². The number of amides is 2. The van der Waals surface area contributed by atoms with Gasteiger partial charge in [0.25, 0.3) is 5.91 Å². The maximum absolute atomic E-state index is 12.9. The van der Waals surface area contributed by atoms with E-state index in [0.717, 1.165) is 0 Å². The van der Waals surface area contributed by atoms with Gasteiger partial charge >= 0.3 is 5.97 Å². The summed E-state index contributed by atoms with van der Waals surface area (Å²) in [7, 11) is 1.25. The summed E-state index contributed by atoms with van der Waals surface area (Å²) in [6.45, 7) is 0.169. The number of fused-ring (bicyclic) bond motifs is 1. The number of ether oxygens (including phenoxy) is 2. The minimum atomic E-state index is -0.952. The van der Waals surface area contributed by atoms with E-state index in [-0.39, 0.29) is 31.9 Å². The Morgan fingerprint density at radius 3 is 2.48 bits per heavy atom. The molecule has 3 rings (SSSR count). The number of primary amides is 1. The second-order valence-electron chi connectivity index (χ2n) is 6.88. The van der Waals surface area contributed by atoms with Gasteiger partial charge in [0.2, 0.25) is 5.91 Å². The molecule has 1 atom stereocenters. The van der Waals surface area contributed by atoms with Crippen LogP contribution in [0.5, 0.6) is 5.75 Å². The number of nitrogens with two attached hydrogens (primary N) is 1. The molecule has 2 amide bonds. The first-order valence-electron chi connectivity index (χ1n) is 9.28. The molecule has 7 nitrogen and oxygen atoms in total. The van der Waals surface area contributed by atoms with E-state index >= 15 is 0 Å². The zero-order valence-corrected chi connectivity index (χ0v) is 18.8. The predicted molar refractivity (Wildman–Crippen MR) is 116 cm³/mol. The lowest BCUT2D eigenvalue weighted by Crippen LogP contribution is -2.45. The van der Waals surface area contributed by atoms with Gasteiger partial charge in [0.05, 0.1) is 23.7 Å². The molecule has 0 radical (unpaired) electrons. The van der Waals surface area contributed by atoms with Gasteiger partial charge in [-0.3, -0.25) is 14.4 Å². The van der Waals surface area contributed by atoms with Crippen molar-refractivity contribution in [3.63, 3.8) is 0 Å². The standard InChI is InChI=1S/C21H19Cl3N2O5/c1-30-19(27)6-5-17(20(25)28)26-9-13-12(21(26)29)3-2-4-18(13)31-10-14-15(23)7-11(22)8-16(14)24/h2-4,7-8,17H,5-6,9-10H2,1H3,(H2,25,28). The quantitative estimate of drug-likeness (QED) is 0.570. The first-order chi connectivity index (χ1) is 14.7. The van der Waals surface area contributed by atoms with Crippen molar-refractivity contribution in [3.05, 3.63) is 62.1 Å². The van der Waals surface area contributed by atoms with Crippen molar-refractivity contribution in [1.82, 2.24) is 4.90 Å². The summed E-state index contributed by atoms with van der Waals surface area (Å²) >= 11 is 18.4. The summed E-state index contributed by atoms with van der Waals surface area (Å²) in [6, 6.07) is 7.20. The van der Waals surface area contributed by atoms with E-state index in [1.54, 1.807) is 30.3 Å². The molecule has 0 aromatic heterocycles. The Morgan fingerprint density at radius 1 is 1.19 bits per heavy atom. The summed E-state index contributed by atoms with van der Waals surface area (Å²) in [6.07, 6.45) is 0.0229. The normalized spacial score (nSPS) is 13.7. The first-order valence-corrected chi connectivity index (χ1v) is 10.4. The van der Waals surface area contributed by atoms with E-state index in [1.807, 2.05) is 0 Å². The number of esters is 1. The highest BCUT2D eigenvalue weighted by Crippen LogP contribution is 2.35. The lowest BCUT2D eigenvalue weighted by atomic mass is 10.1. The molecule has 2 aromatic rings. The third-order valence-electron chi connectivity index (χ3n) is 4.98. The molecule has 10 heteroatoms. The Hall–Kier alpha value is -2.48. The van der Waals surface area contributed by atoms with E-state index in [2.05, 4.69) is 4.74 Å². The van der Waals surface area contributed by atoms with Crippen molar-refractivity contribution < 1.29 is 23.9 Å².